The SMILES string of the molecule is CC(C)(c1ccccc1)N1CC[C@H](OC(=O)C2c3ccccc3Oc3ccccc32)C1. The van der Waals surface area contributed by atoms with Crippen LogP contribution in [0.2, 0.25) is 0 Å². The Kier molecular flexibility index (Phi) is 5.03. The highest BCUT2D eigenvalue weighted by Crippen LogP contribution is 2.44. The Morgan fingerprint density at radius 2 is 1.48 bits per heavy atom. The first-order valence-electron chi connectivity index (χ1n) is 10.9. The summed E-state index contributed by atoms with van der Waals surface area (Å²) < 4.78 is 12.1. The minimum absolute atomic E-state index is 0.111. The molecule has 4 heteroatoms. The van der Waals surface area contributed by atoms with E-state index in [9.17, 15) is 4.79 Å². The lowest BCUT2D eigenvalue weighted by atomic mass is 9.88. The summed E-state index contributed by atoms with van der Waals surface area (Å²) in [5.41, 5.74) is 2.89. The van der Waals surface area contributed by atoms with Crippen molar-refractivity contribution in [1.29, 1.82) is 0 Å². The van der Waals surface area contributed by atoms with Crippen molar-refractivity contribution in [2.24, 2.45) is 0 Å². The lowest BCUT2D eigenvalue weighted by Crippen LogP contribution is -2.40. The number of likely N-dealkylation sites (tertiary alicyclic amines) is 1. The minimum atomic E-state index is -0.461. The Bertz CT molecular complexity index is 1050. The number of ether oxygens (including phenoxy) is 2. The molecule has 158 valence electrons. The Morgan fingerprint density at radius 3 is 2.13 bits per heavy atom. The van der Waals surface area contributed by atoms with Gasteiger partial charge in [-0.2, -0.15) is 0 Å². The van der Waals surface area contributed by atoms with Gasteiger partial charge in [-0.15, -0.1) is 0 Å². The van der Waals surface area contributed by atoms with Gasteiger partial charge in [-0.05, 0) is 38.0 Å². The lowest BCUT2D eigenvalue weighted by Gasteiger charge is -2.36. The van der Waals surface area contributed by atoms with E-state index in [1.54, 1.807) is 0 Å². The van der Waals surface area contributed by atoms with Crippen molar-refractivity contribution >= 4 is 5.97 Å². The largest absolute Gasteiger partial charge is 0.460 e. The van der Waals surface area contributed by atoms with Crippen LogP contribution >= 0.6 is 0 Å². The van der Waals surface area contributed by atoms with Crippen LogP contribution in [0.3, 0.4) is 0 Å². The first-order valence-corrected chi connectivity index (χ1v) is 10.9. The summed E-state index contributed by atoms with van der Waals surface area (Å²) in [5, 5.41) is 0. The third kappa shape index (κ3) is 3.61. The van der Waals surface area contributed by atoms with Gasteiger partial charge in [0.05, 0.1) is 0 Å². The van der Waals surface area contributed by atoms with Gasteiger partial charge in [-0.3, -0.25) is 9.69 Å². The van der Waals surface area contributed by atoms with Crippen LogP contribution in [0.25, 0.3) is 0 Å². The van der Waals surface area contributed by atoms with E-state index in [2.05, 4.69) is 43.0 Å². The Hall–Kier alpha value is -3.11. The second-order valence-electron chi connectivity index (χ2n) is 8.83. The van der Waals surface area contributed by atoms with Gasteiger partial charge in [0, 0.05) is 29.8 Å². The maximum atomic E-state index is 13.4. The van der Waals surface area contributed by atoms with Gasteiger partial charge in [-0.25, -0.2) is 0 Å². The summed E-state index contributed by atoms with van der Waals surface area (Å²) in [6, 6.07) is 26.0. The van der Waals surface area contributed by atoms with Crippen LogP contribution in [0.4, 0.5) is 0 Å². The molecule has 0 unspecified atom stereocenters. The zero-order valence-corrected chi connectivity index (χ0v) is 18.0. The van der Waals surface area contributed by atoms with Gasteiger partial charge in [0.2, 0.25) is 0 Å². The molecule has 5 rings (SSSR count). The Balaban J connectivity index is 1.35. The van der Waals surface area contributed by atoms with E-state index in [-0.39, 0.29) is 17.6 Å². The van der Waals surface area contributed by atoms with Crippen LogP contribution < -0.4 is 4.74 Å². The monoisotopic (exact) mass is 413 g/mol. The minimum Gasteiger partial charge on any atom is -0.460 e. The molecule has 0 aromatic heterocycles. The number of esters is 1. The molecular formula is C27H27NO3. The molecule has 0 radical (unpaired) electrons. The molecule has 3 aromatic rings. The fourth-order valence-corrected chi connectivity index (χ4v) is 4.76. The molecule has 2 aliphatic heterocycles. The molecular weight excluding hydrogens is 386 g/mol. The molecule has 0 bridgehead atoms. The van der Waals surface area contributed by atoms with Crippen molar-refractivity contribution in [3.63, 3.8) is 0 Å². The number of fused-ring (bicyclic) bond motifs is 2. The summed E-state index contributed by atoms with van der Waals surface area (Å²) in [4.78, 5) is 15.8. The first-order chi connectivity index (χ1) is 15.0. The second kappa shape index (κ2) is 7.86. The van der Waals surface area contributed by atoms with Crippen molar-refractivity contribution in [2.45, 2.75) is 37.8 Å². The van der Waals surface area contributed by atoms with Gasteiger partial charge in [0.15, 0.2) is 0 Å². The number of carbonyl (C=O) groups excluding carboxylic acids is 1. The van der Waals surface area contributed by atoms with Gasteiger partial charge < -0.3 is 9.47 Å². The normalized spacial score (nSPS) is 18.7. The van der Waals surface area contributed by atoms with Crippen molar-refractivity contribution in [2.75, 3.05) is 13.1 Å². The number of nitrogens with zero attached hydrogens (tertiary/aromatic N) is 1. The zero-order valence-electron chi connectivity index (χ0n) is 18.0. The quantitative estimate of drug-likeness (QED) is 0.531. The number of rotatable bonds is 4. The molecule has 1 atom stereocenters. The van der Waals surface area contributed by atoms with E-state index in [0.717, 1.165) is 42.1 Å². The second-order valence-corrected chi connectivity index (χ2v) is 8.83. The highest BCUT2D eigenvalue weighted by Gasteiger charge is 2.39. The number of para-hydroxylation sites is 2. The van der Waals surface area contributed by atoms with Crippen molar-refractivity contribution in [3.8, 4) is 11.5 Å². The van der Waals surface area contributed by atoms with Crippen LogP contribution in [-0.2, 0) is 15.1 Å². The average Bonchev–Trinajstić information content (AvgIpc) is 3.27. The van der Waals surface area contributed by atoms with E-state index >= 15 is 0 Å². The molecule has 31 heavy (non-hydrogen) atoms. The maximum Gasteiger partial charge on any atom is 0.318 e. The number of carbonyl (C=O) groups is 1. The molecule has 0 amide bonds. The molecule has 2 heterocycles. The van der Waals surface area contributed by atoms with Crippen LogP contribution in [0, 0.1) is 0 Å². The smallest absolute Gasteiger partial charge is 0.318 e. The van der Waals surface area contributed by atoms with Crippen LogP contribution in [0.1, 0.15) is 42.9 Å². The van der Waals surface area contributed by atoms with Crippen molar-refractivity contribution in [3.05, 3.63) is 95.6 Å². The molecule has 1 saturated heterocycles. The van der Waals surface area contributed by atoms with Crippen molar-refractivity contribution in [1.82, 2.24) is 4.90 Å². The molecule has 0 aliphatic carbocycles. The predicted octanol–water partition coefficient (Wildman–Crippen LogP) is 5.48. The Morgan fingerprint density at radius 1 is 0.903 bits per heavy atom. The standard InChI is InChI=1S/C27H27NO3/c1-27(2,19-10-4-3-5-11-19)28-17-16-20(18-28)30-26(29)25-21-12-6-8-14-23(21)31-24-15-9-7-13-22(24)25/h3-15,20,25H,16-18H2,1-2H3/t20-/m0/s1. The fraction of sp³-hybridized carbons (Fsp3) is 0.296. The predicted molar refractivity (Wildman–Crippen MR) is 120 cm³/mol. The maximum absolute atomic E-state index is 13.4. The van der Waals surface area contributed by atoms with Gasteiger partial charge >= 0.3 is 5.97 Å². The summed E-state index contributed by atoms with van der Waals surface area (Å²) in [5.74, 6) is 0.785. The van der Waals surface area contributed by atoms with Crippen LogP contribution in [0.15, 0.2) is 78.9 Å². The van der Waals surface area contributed by atoms with Gasteiger partial charge in [-0.1, -0.05) is 66.7 Å². The van der Waals surface area contributed by atoms with E-state index in [0.29, 0.717) is 0 Å². The molecule has 0 spiro atoms. The first kappa shape index (κ1) is 19.8. The average molecular weight is 414 g/mol. The van der Waals surface area contributed by atoms with E-state index in [1.807, 2.05) is 54.6 Å². The van der Waals surface area contributed by atoms with E-state index in [4.69, 9.17) is 9.47 Å². The lowest BCUT2D eigenvalue weighted by molar-refractivity contribution is -0.149. The van der Waals surface area contributed by atoms with Crippen LogP contribution in [-0.4, -0.2) is 30.1 Å². The highest BCUT2D eigenvalue weighted by molar-refractivity contribution is 5.85. The molecule has 0 saturated carbocycles. The summed E-state index contributed by atoms with van der Waals surface area (Å²) in [6.45, 7) is 6.11. The Labute approximate surface area is 183 Å². The number of hydrogen-bond acceptors (Lipinski definition) is 4. The number of benzene rings is 3. The molecule has 3 aromatic carbocycles. The summed E-state index contributed by atoms with van der Waals surface area (Å²) in [6.07, 6.45) is 0.729. The summed E-state index contributed by atoms with van der Waals surface area (Å²) >= 11 is 0. The molecule has 2 aliphatic rings. The molecule has 0 N–H and O–H groups in total. The topological polar surface area (TPSA) is 38.8 Å². The van der Waals surface area contributed by atoms with Crippen molar-refractivity contribution < 1.29 is 14.3 Å². The van der Waals surface area contributed by atoms with Gasteiger partial charge in [0.25, 0.3) is 0 Å². The fourth-order valence-electron chi connectivity index (χ4n) is 4.76. The van der Waals surface area contributed by atoms with E-state index in [1.165, 1.54) is 5.56 Å². The van der Waals surface area contributed by atoms with Crippen LogP contribution in [0.5, 0.6) is 11.5 Å². The zero-order chi connectivity index (χ0) is 21.4. The highest BCUT2D eigenvalue weighted by atomic mass is 16.5. The molecule has 1 fully saturated rings. The third-order valence-corrected chi connectivity index (χ3v) is 6.61. The summed E-state index contributed by atoms with van der Waals surface area (Å²) in [7, 11) is 0. The molecule has 4 nitrogen and oxygen atoms in total. The number of hydrogen-bond donors (Lipinski definition) is 0. The van der Waals surface area contributed by atoms with E-state index < -0.39 is 5.92 Å². The van der Waals surface area contributed by atoms with Gasteiger partial charge in [0.1, 0.15) is 23.5 Å². The third-order valence-electron chi connectivity index (χ3n) is 6.61.